The highest BCUT2D eigenvalue weighted by Gasteiger charge is 2.26. The second kappa shape index (κ2) is 7.61. The number of hydrogen-bond donors (Lipinski definition) is 0. The lowest BCUT2D eigenvalue weighted by Crippen LogP contribution is -2.43. The average molecular weight is 377 g/mol. The van der Waals surface area contributed by atoms with Crippen LogP contribution in [0.15, 0.2) is 42.5 Å². The Morgan fingerprint density at radius 1 is 1.31 bits per heavy atom. The van der Waals surface area contributed by atoms with Gasteiger partial charge in [0.2, 0.25) is 0 Å². The predicted molar refractivity (Wildman–Crippen MR) is 96.0 cm³/mol. The van der Waals surface area contributed by atoms with Crippen LogP contribution in [0, 0.1) is 10.1 Å². The van der Waals surface area contributed by atoms with Crippen molar-refractivity contribution in [2.75, 3.05) is 19.7 Å². The van der Waals surface area contributed by atoms with E-state index in [0.29, 0.717) is 31.2 Å². The molecule has 1 atom stereocenters. The second-order valence-electron chi connectivity index (χ2n) is 5.76. The molecule has 0 saturated carbocycles. The maximum atomic E-state index is 12.7. The van der Waals surface area contributed by atoms with Crippen LogP contribution in [0.5, 0.6) is 11.5 Å². The van der Waals surface area contributed by atoms with Crippen LogP contribution in [0.4, 0.5) is 5.69 Å². The number of fused-ring (bicyclic) bond motifs is 1. The number of nitro benzene ring substituents is 1. The van der Waals surface area contributed by atoms with E-state index in [1.807, 2.05) is 31.2 Å². The van der Waals surface area contributed by atoms with Crippen molar-refractivity contribution in [1.82, 2.24) is 4.90 Å². The molecule has 2 aromatic carbocycles. The number of benzene rings is 2. The quantitative estimate of drug-likeness (QED) is 0.588. The molecule has 0 unspecified atom stereocenters. The maximum Gasteiger partial charge on any atom is 0.288 e. The molecule has 0 bridgehead atoms. The number of nitrogens with zero attached hydrogens (tertiary/aromatic N) is 2. The molecule has 0 aromatic heterocycles. The zero-order chi connectivity index (χ0) is 18.7. The number of amides is 1. The first kappa shape index (κ1) is 18.0. The van der Waals surface area contributed by atoms with E-state index in [2.05, 4.69) is 0 Å². The molecule has 1 amide bonds. The lowest BCUT2D eigenvalue weighted by Gasteiger charge is -2.31. The fourth-order valence-corrected chi connectivity index (χ4v) is 2.91. The molecule has 136 valence electrons. The van der Waals surface area contributed by atoms with E-state index in [1.165, 1.54) is 18.2 Å². The molecule has 0 radical (unpaired) electrons. The highest BCUT2D eigenvalue weighted by Crippen LogP contribution is 2.31. The summed E-state index contributed by atoms with van der Waals surface area (Å²) in [5.41, 5.74) is -0.0835. The van der Waals surface area contributed by atoms with Crippen molar-refractivity contribution in [3.63, 3.8) is 0 Å². The monoisotopic (exact) mass is 376 g/mol. The van der Waals surface area contributed by atoms with Crippen molar-refractivity contribution in [2.45, 2.75) is 13.0 Å². The third-order valence-corrected chi connectivity index (χ3v) is 4.37. The molecule has 0 aliphatic carbocycles. The van der Waals surface area contributed by atoms with Crippen LogP contribution < -0.4 is 9.47 Å². The van der Waals surface area contributed by atoms with Crippen LogP contribution in [0.2, 0.25) is 5.02 Å². The maximum absolute atomic E-state index is 12.7. The van der Waals surface area contributed by atoms with Gasteiger partial charge in [-0.05, 0) is 31.2 Å². The SMILES string of the molecule is CCN(C[C@H]1COc2ccccc2O1)C(=O)c1ccc(Cl)c([N+](=O)[O-])c1. The molecular formula is C18H17ClN2O5. The minimum absolute atomic E-state index is 0.00443. The summed E-state index contributed by atoms with van der Waals surface area (Å²) in [6.45, 7) is 2.89. The predicted octanol–water partition coefficient (Wildman–Crippen LogP) is 3.55. The lowest BCUT2D eigenvalue weighted by atomic mass is 10.1. The third kappa shape index (κ3) is 3.72. The Balaban J connectivity index is 1.74. The van der Waals surface area contributed by atoms with Gasteiger partial charge in [-0.2, -0.15) is 0 Å². The van der Waals surface area contributed by atoms with Crippen molar-refractivity contribution in [2.24, 2.45) is 0 Å². The molecule has 0 saturated heterocycles. The van der Waals surface area contributed by atoms with Crippen molar-refractivity contribution in [3.05, 3.63) is 63.2 Å². The minimum Gasteiger partial charge on any atom is -0.486 e. The Bertz CT molecular complexity index is 842. The Hall–Kier alpha value is -2.80. The topological polar surface area (TPSA) is 81.9 Å². The van der Waals surface area contributed by atoms with Gasteiger partial charge in [0.05, 0.1) is 11.5 Å². The standard InChI is InChI=1S/C18H17ClN2O5/c1-2-20(10-13-11-25-16-5-3-4-6-17(16)26-13)18(22)12-7-8-14(19)15(9-12)21(23)24/h3-9,13H,2,10-11H2,1H3/t13-/m0/s1. The van der Waals surface area contributed by atoms with Crippen molar-refractivity contribution in [1.29, 1.82) is 0 Å². The fraction of sp³-hybridized carbons (Fsp3) is 0.278. The number of halogens is 1. The van der Waals surface area contributed by atoms with Gasteiger partial charge in [-0.1, -0.05) is 23.7 Å². The van der Waals surface area contributed by atoms with Gasteiger partial charge in [-0.3, -0.25) is 14.9 Å². The third-order valence-electron chi connectivity index (χ3n) is 4.05. The Labute approximate surface area is 155 Å². The second-order valence-corrected chi connectivity index (χ2v) is 6.17. The first-order valence-corrected chi connectivity index (χ1v) is 8.49. The van der Waals surface area contributed by atoms with E-state index in [1.54, 1.807) is 4.90 Å². The molecule has 2 aromatic rings. The molecule has 3 rings (SSSR count). The summed E-state index contributed by atoms with van der Waals surface area (Å²) < 4.78 is 11.5. The van der Waals surface area contributed by atoms with Crippen LogP contribution in [0.1, 0.15) is 17.3 Å². The summed E-state index contributed by atoms with van der Waals surface area (Å²) in [7, 11) is 0. The number of rotatable bonds is 5. The largest absolute Gasteiger partial charge is 0.486 e. The average Bonchev–Trinajstić information content (AvgIpc) is 2.65. The summed E-state index contributed by atoms with van der Waals surface area (Å²) in [4.78, 5) is 24.7. The van der Waals surface area contributed by atoms with Gasteiger partial charge in [0.15, 0.2) is 17.6 Å². The van der Waals surface area contributed by atoms with E-state index in [9.17, 15) is 14.9 Å². The number of likely N-dealkylation sites (N-methyl/N-ethyl adjacent to an activating group) is 1. The molecule has 0 spiro atoms. The summed E-state index contributed by atoms with van der Waals surface area (Å²) in [5, 5.41) is 11.0. The van der Waals surface area contributed by atoms with Gasteiger partial charge < -0.3 is 14.4 Å². The molecule has 1 aliphatic heterocycles. The van der Waals surface area contributed by atoms with Gasteiger partial charge in [0.25, 0.3) is 11.6 Å². The van der Waals surface area contributed by atoms with Gasteiger partial charge in [-0.15, -0.1) is 0 Å². The summed E-state index contributed by atoms with van der Waals surface area (Å²) in [5.74, 6) is 0.982. The first-order valence-electron chi connectivity index (χ1n) is 8.11. The van der Waals surface area contributed by atoms with Crippen molar-refractivity contribution in [3.8, 4) is 11.5 Å². The lowest BCUT2D eigenvalue weighted by molar-refractivity contribution is -0.384. The fourth-order valence-electron chi connectivity index (χ4n) is 2.72. The van der Waals surface area contributed by atoms with E-state index in [0.717, 1.165) is 0 Å². The molecule has 1 aliphatic rings. The highest BCUT2D eigenvalue weighted by atomic mass is 35.5. The molecule has 1 heterocycles. The van der Waals surface area contributed by atoms with Gasteiger partial charge in [-0.25, -0.2) is 0 Å². The molecule has 0 fully saturated rings. The molecule has 0 N–H and O–H groups in total. The Morgan fingerprint density at radius 2 is 2.04 bits per heavy atom. The van der Waals surface area contributed by atoms with E-state index in [4.69, 9.17) is 21.1 Å². The number of carbonyl (C=O) groups excluding carboxylic acids is 1. The molecule has 7 nitrogen and oxygen atoms in total. The summed E-state index contributed by atoms with van der Waals surface area (Å²) >= 11 is 5.81. The van der Waals surface area contributed by atoms with Crippen LogP contribution >= 0.6 is 11.6 Å². The normalized spacial score (nSPS) is 15.4. The Kier molecular flexibility index (Phi) is 5.27. The van der Waals surface area contributed by atoms with E-state index < -0.39 is 4.92 Å². The highest BCUT2D eigenvalue weighted by molar-refractivity contribution is 6.32. The zero-order valence-corrected chi connectivity index (χ0v) is 14.8. The molecule has 8 heteroatoms. The molecule has 26 heavy (non-hydrogen) atoms. The van der Waals surface area contributed by atoms with Crippen molar-refractivity contribution < 1.29 is 19.2 Å². The summed E-state index contributed by atoms with van der Waals surface area (Å²) in [6.07, 6.45) is -0.323. The van der Waals surface area contributed by atoms with Gasteiger partial charge >= 0.3 is 0 Å². The van der Waals surface area contributed by atoms with Crippen LogP contribution in [-0.4, -0.2) is 41.5 Å². The van der Waals surface area contributed by atoms with Crippen LogP contribution in [0.25, 0.3) is 0 Å². The number of para-hydroxylation sites is 2. The zero-order valence-electron chi connectivity index (χ0n) is 14.1. The smallest absolute Gasteiger partial charge is 0.288 e. The first-order chi connectivity index (χ1) is 12.5. The van der Waals surface area contributed by atoms with Gasteiger partial charge in [0.1, 0.15) is 11.6 Å². The minimum atomic E-state index is -0.607. The molecular weight excluding hydrogens is 360 g/mol. The van der Waals surface area contributed by atoms with E-state index >= 15 is 0 Å². The summed E-state index contributed by atoms with van der Waals surface area (Å²) in [6, 6.07) is 11.4. The number of hydrogen-bond acceptors (Lipinski definition) is 5. The van der Waals surface area contributed by atoms with Gasteiger partial charge in [0, 0.05) is 18.2 Å². The van der Waals surface area contributed by atoms with Crippen LogP contribution in [0.3, 0.4) is 0 Å². The number of nitro groups is 1. The van der Waals surface area contributed by atoms with Crippen LogP contribution in [-0.2, 0) is 0 Å². The number of ether oxygens (including phenoxy) is 2. The Morgan fingerprint density at radius 3 is 2.73 bits per heavy atom. The number of carbonyl (C=O) groups is 1. The van der Waals surface area contributed by atoms with E-state index in [-0.39, 0.29) is 28.3 Å². The van der Waals surface area contributed by atoms with Crippen molar-refractivity contribution >= 4 is 23.2 Å².